The molecule has 24 heavy (non-hydrogen) atoms. The Morgan fingerprint density at radius 3 is 3.04 bits per heavy atom. The smallest absolute Gasteiger partial charge is 0.312 e. The highest BCUT2D eigenvalue weighted by molar-refractivity contribution is 7.07. The molecule has 0 aromatic carbocycles. The fourth-order valence-corrected chi connectivity index (χ4v) is 3.54. The summed E-state index contributed by atoms with van der Waals surface area (Å²) in [5.41, 5.74) is 7.85. The Morgan fingerprint density at radius 1 is 1.42 bits per heavy atom. The van der Waals surface area contributed by atoms with Crippen LogP contribution in [0.15, 0.2) is 23.3 Å². The number of carbonyl (C=O) groups excluding carboxylic acids is 2. The minimum absolute atomic E-state index is 0.0602. The van der Waals surface area contributed by atoms with Crippen LogP contribution in [0.25, 0.3) is 0 Å². The first-order valence-electron chi connectivity index (χ1n) is 7.82. The van der Waals surface area contributed by atoms with E-state index >= 15 is 0 Å². The van der Waals surface area contributed by atoms with Crippen molar-refractivity contribution in [3.8, 4) is 0 Å². The molecule has 128 valence electrons. The number of carbonyl (C=O) groups is 2. The number of hydrogen-bond acceptors (Lipinski definition) is 5. The van der Waals surface area contributed by atoms with Gasteiger partial charge in [-0.1, -0.05) is 0 Å². The predicted octanol–water partition coefficient (Wildman–Crippen LogP) is 0.762. The van der Waals surface area contributed by atoms with Gasteiger partial charge in [0.1, 0.15) is 5.82 Å². The van der Waals surface area contributed by atoms with Gasteiger partial charge in [-0.3, -0.25) is 4.79 Å². The molecule has 1 aliphatic heterocycles. The second kappa shape index (κ2) is 7.43. The van der Waals surface area contributed by atoms with E-state index in [1.165, 1.54) is 0 Å². The molecule has 1 atom stereocenters. The molecular formula is C15H20N6O2S. The summed E-state index contributed by atoms with van der Waals surface area (Å²) < 4.78 is 2.09. The first-order chi connectivity index (χ1) is 11.6. The fraction of sp³-hybridized carbons (Fsp3) is 0.467. The first-order valence-corrected chi connectivity index (χ1v) is 8.77. The predicted molar refractivity (Wildman–Crippen MR) is 89.6 cm³/mol. The lowest BCUT2D eigenvalue weighted by molar-refractivity contribution is -0.131. The van der Waals surface area contributed by atoms with Crippen molar-refractivity contribution < 1.29 is 9.59 Å². The van der Waals surface area contributed by atoms with Crippen LogP contribution in [-0.2, 0) is 11.3 Å². The zero-order chi connectivity index (χ0) is 16.9. The molecule has 2 aromatic heterocycles. The topological polar surface area (TPSA) is 106 Å². The molecule has 0 radical (unpaired) electrons. The highest BCUT2D eigenvalue weighted by Crippen LogP contribution is 2.26. The van der Waals surface area contributed by atoms with Crippen LogP contribution in [0.4, 0.5) is 4.79 Å². The van der Waals surface area contributed by atoms with Gasteiger partial charge in [0.2, 0.25) is 5.91 Å². The number of aromatic nitrogens is 3. The van der Waals surface area contributed by atoms with Gasteiger partial charge in [-0.25, -0.2) is 14.8 Å². The van der Waals surface area contributed by atoms with Crippen LogP contribution in [0.5, 0.6) is 0 Å². The van der Waals surface area contributed by atoms with E-state index < -0.39 is 6.03 Å². The molecule has 0 saturated carbocycles. The highest BCUT2D eigenvalue weighted by Gasteiger charge is 2.27. The average molecular weight is 348 g/mol. The zero-order valence-electron chi connectivity index (χ0n) is 13.2. The molecule has 8 nitrogen and oxygen atoms in total. The Bertz CT molecular complexity index is 699. The lowest BCUT2D eigenvalue weighted by Gasteiger charge is -2.32. The normalized spacial score (nSPS) is 17.7. The first kappa shape index (κ1) is 16.4. The molecule has 3 rings (SSSR count). The van der Waals surface area contributed by atoms with Crippen molar-refractivity contribution in [1.82, 2.24) is 24.8 Å². The summed E-state index contributed by atoms with van der Waals surface area (Å²) >= 11 is 1.57. The van der Waals surface area contributed by atoms with E-state index in [1.54, 1.807) is 22.4 Å². The monoisotopic (exact) mass is 348 g/mol. The van der Waals surface area contributed by atoms with Crippen LogP contribution in [0.3, 0.4) is 0 Å². The minimum atomic E-state index is -0.685. The van der Waals surface area contributed by atoms with Gasteiger partial charge < -0.3 is 20.5 Å². The lowest BCUT2D eigenvalue weighted by Crippen LogP contribution is -2.45. The number of thiazole rings is 1. The summed E-state index contributed by atoms with van der Waals surface area (Å²) in [6, 6.07) is -0.685. The van der Waals surface area contributed by atoms with Gasteiger partial charge in [0.15, 0.2) is 0 Å². The maximum Gasteiger partial charge on any atom is 0.312 e. The van der Waals surface area contributed by atoms with Gasteiger partial charge in [-0.15, -0.1) is 11.3 Å². The molecule has 2 aromatic rings. The third kappa shape index (κ3) is 3.91. The van der Waals surface area contributed by atoms with Crippen LogP contribution in [0.1, 0.15) is 30.3 Å². The second-order valence-electron chi connectivity index (χ2n) is 5.79. The van der Waals surface area contributed by atoms with E-state index in [-0.39, 0.29) is 18.4 Å². The molecule has 1 aliphatic rings. The number of imidazole rings is 1. The van der Waals surface area contributed by atoms with Crippen LogP contribution in [0, 0.1) is 0 Å². The molecule has 3 N–H and O–H groups in total. The van der Waals surface area contributed by atoms with Crippen LogP contribution >= 0.6 is 11.3 Å². The minimum Gasteiger partial charge on any atom is -0.352 e. The summed E-state index contributed by atoms with van der Waals surface area (Å²) in [6.07, 6.45) is 5.64. The molecule has 0 spiro atoms. The van der Waals surface area contributed by atoms with E-state index in [0.29, 0.717) is 19.6 Å². The molecule has 0 bridgehead atoms. The van der Waals surface area contributed by atoms with E-state index in [0.717, 1.165) is 24.4 Å². The molecule has 0 unspecified atom stereocenters. The summed E-state index contributed by atoms with van der Waals surface area (Å²) in [7, 11) is 0. The number of amides is 3. The number of primary amides is 1. The van der Waals surface area contributed by atoms with Crippen molar-refractivity contribution in [1.29, 1.82) is 0 Å². The van der Waals surface area contributed by atoms with Crippen LogP contribution in [0.2, 0.25) is 0 Å². The van der Waals surface area contributed by atoms with Crippen molar-refractivity contribution in [3.05, 3.63) is 34.8 Å². The number of nitrogens with one attached hydrogen (secondary N) is 1. The fourth-order valence-electron chi connectivity index (χ4n) is 2.99. The van der Waals surface area contributed by atoms with Crippen molar-refractivity contribution in [3.63, 3.8) is 0 Å². The number of likely N-dealkylation sites (tertiary alicyclic amines) is 1. The van der Waals surface area contributed by atoms with E-state index in [2.05, 4.69) is 19.9 Å². The molecule has 0 aliphatic carbocycles. The maximum atomic E-state index is 12.2. The van der Waals surface area contributed by atoms with Crippen molar-refractivity contribution in [2.24, 2.45) is 5.73 Å². The van der Waals surface area contributed by atoms with E-state index in [9.17, 15) is 9.59 Å². The zero-order valence-corrected chi connectivity index (χ0v) is 14.0. The highest BCUT2D eigenvalue weighted by atomic mass is 32.1. The van der Waals surface area contributed by atoms with Gasteiger partial charge in [0, 0.05) is 36.8 Å². The van der Waals surface area contributed by atoms with Crippen molar-refractivity contribution in [2.45, 2.75) is 25.3 Å². The van der Waals surface area contributed by atoms with E-state index in [1.807, 2.05) is 17.1 Å². The lowest BCUT2D eigenvalue weighted by atomic mass is 9.97. The van der Waals surface area contributed by atoms with Gasteiger partial charge in [-0.05, 0) is 12.8 Å². The third-order valence-corrected chi connectivity index (χ3v) is 4.75. The molecule has 3 heterocycles. The number of nitrogens with two attached hydrogens (primary N) is 1. The summed E-state index contributed by atoms with van der Waals surface area (Å²) in [6.45, 7) is 1.93. The largest absolute Gasteiger partial charge is 0.352 e. The number of nitrogens with zero attached hydrogens (tertiary/aromatic N) is 4. The third-order valence-electron chi connectivity index (χ3n) is 4.12. The standard InChI is InChI=1S/C15H20N6O2S/c16-15(23)18-6-13(22)20-4-1-2-11(7-20)14-17-3-5-21(14)8-12-9-24-10-19-12/h3,5,9-11H,1-2,4,6-8H2,(H3,16,18,23)/t11-/m0/s1. The average Bonchev–Trinajstić information content (AvgIpc) is 3.25. The molecular weight excluding hydrogens is 328 g/mol. The van der Waals surface area contributed by atoms with Gasteiger partial charge in [0.05, 0.1) is 24.3 Å². The Balaban J connectivity index is 1.66. The molecule has 9 heteroatoms. The number of urea groups is 1. The van der Waals surface area contributed by atoms with Gasteiger partial charge >= 0.3 is 6.03 Å². The Hall–Kier alpha value is -2.42. The summed E-state index contributed by atoms with van der Waals surface area (Å²) in [4.78, 5) is 33.5. The number of piperidine rings is 1. The SMILES string of the molecule is NC(=O)NCC(=O)N1CCC[C@H](c2nccn2Cc2cscn2)C1. The van der Waals surface area contributed by atoms with E-state index in [4.69, 9.17) is 5.73 Å². The number of hydrogen-bond donors (Lipinski definition) is 2. The number of rotatable bonds is 5. The Kier molecular flexibility index (Phi) is 5.09. The quantitative estimate of drug-likeness (QED) is 0.832. The summed E-state index contributed by atoms with van der Waals surface area (Å²) in [5, 5.41) is 4.38. The Morgan fingerprint density at radius 2 is 2.29 bits per heavy atom. The van der Waals surface area contributed by atoms with Crippen molar-refractivity contribution in [2.75, 3.05) is 19.6 Å². The maximum absolute atomic E-state index is 12.2. The van der Waals surface area contributed by atoms with Crippen molar-refractivity contribution >= 4 is 23.3 Å². The molecule has 1 saturated heterocycles. The second-order valence-corrected chi connectivity index (χ2v) is 6.51. The Labute approximate surface area is 143 Å². The van der Waals surface area contributed by atoms with Crippen LogP contribution in [-0.4, -0.2) is 51.0 Å². The van der Waals surface area contributed by atoms with Gasteiger partial charge in [-0.2, -0.15) is 0 Å². The van der Waals surface area contributed by atoms with Gasteiger partial charge in [0.25, 0.3) is 0 Å². The molecule has 1 fully saturated rings. The molecule has 3 amide bonds. The van der Waals surface area contributed by atoms with Crippen LogP contribution < -0.4 is 11.1 Å². The summed E-state index contributed by atoms with van der Waals surface area (Å²) in [5.74, 6) is 1.05.